The Bertz CT molecular complexity index is 470. The molecule has 2 amide bonds. The molecule has 0 aliphatic carbocycles. The lowest BCUT2D eigenvalue weighted by molar-refractivity contribution is -0.115. The van der Waals surface area contributed by atoms with Gasteiger partial charge in [-0.25, -0.2) is 0 Å². The zero-order valence-corrected chi connectivity index (χ0v) is 11.5. The molecule has 1 rings (SSSR count). The molecule has 3 N–H and O–H groups in total. The number of nitrogens with one attached hydrogen (secondary N) is 2. The van der Waals surface area contributed by atoms with Crippen LogP contribution in [0.2, 0.25) is 0 Å². The Morgan fingerprint density at radius 1 is 1.32 bits per heavy atom. The van der Waals surface area contributed by atoms with Crippen molar-refractivity contribution in [2.75, 3.05) is 11.9 Å². The highest BCUT2D eigenvalue weighted by Gasteiger charge is 2.20. The van der Waals surface area contributed by atoms with Crippen molar-refractivity contribution in [2.45, 2.75) is 32.7 Å². The van der Waals surface area contributed by atoms with E-state index in [9.17, 15) is 9.59 Å². The first-order valence-corrected chi connectivity index (χ1v) is 6.21. The predicted molar refractivity (Wildman–Crippen MR) is 74.0 cm³/mol. The Hall–Kier alpha value is -1.88. The van der Waals surface area contributed by atoms with Crippen molar-refractivity contribution in [3.8, 4) is 0 Å². The molecule has 5 nitrogen and oxygen atoms in total. The molecule has 0 saturated heterocycles. The minimum Gasteiger partial charge on any atom is -0.394 e. The average Bonchev–Trinajstić information content (AvgIpc) is 2.38. The quantitative estimate of drug-likeness (QED) is 0.754. The minimum absolute atomic E-state index is 0.103. The van der Waals surface area contributed by atoms with Gasteiger partial charge in [-0.15, -0.1) is 0 Å². The van der Waals surface area contributed by atoms with E-state index in [1.165, 1.54) is 0 Å². The fourth-order valence-electron chi connectivity index (χ4n) is 1.41. The molecule has 0 unspecified atom stereocenters. The first-order chi connectivity index (χ1) is 8.88. The number of rotatable bonds is 5. The molecule has 0 saturated carbocycles. The van der Waals surface area contributed by atoms with Crippen LogP contribution in [0.3, 0.4) is 0 Å². The van der Waals surface area contributed by atoms with Gasteiger partial charge in [-0.05, 0) is 32.0 Å². The summed E-state index contributed by atoms with van der Waals surface area (Å²) in [5.41, 5.74) is 0.344. The number of hydrogen-bond donors (Lipinski definition) is 3. The van der Waals surface area contributed by atoms with Gasteiger partial charge >= 0.3 is 0 Å². The van der Waals surface area contributed by atoms with Crippen LogP contribution in [0.1, 0.15) is 37.6 Å². The highest BCUT2D eigenvalue weighted by atomic mass is 16.3. The van der Waals surface area contributed by atoms with Crippen molar-refractivity contribution in [1.29, 1.82) is 0 Å². The van der Waals surface area contributed by atoms with Crippen molar-refractivity contribution in [2.24, 2.45) is 0 Å². The Labute approximate surface area is 113 Å². The van der Waals surface area contributed by atoms with Gasteiger partial charge in [0.05, 0.1) is 12.1 Å². The third kappa shape index (κ3) is 4.71. The molecular weight excluding hydrogens is 244 g/mol. The molecule has 1 aromatic rings. The smallest absolute Gasteiger partial charge is 0.251 e. The topological polar surface area (TPSA) is 78.4 Å². The number of anilines is 1. The second-order valence-corrected chi connectivity index (χ2v) is 4.98. The number of hydrogen-bond acceptors (Lipinski definition) is 3. The van der Waals surface area contributed by atoms with Crippen molar-refractivity contribution in [3.63, 3.8) is 0 Å². The van der Waals surface area contributed by atoms with Crippen LogP contribution in [-0.4, -0.2) is 29.1 Å². The summed E-state index contributed by atoms with van der Waals surface area (Å²) in [6, 6.07) is 6.69. The number of carbonyl (C=O) groups is 2. The number of amides is 2. The van der Waals surface area contributed by atoms with Crippen molar-refractivity contribution < 1.29 is 14.7 Å². The Balaban J connectivity index is 2.81. The molecule has 0 aromatic heterocycles. The number of aliphatic hydroxyl groups excluding tert-OH is 1. The van der Waals surface area contributed by atoms with Crippen molar-refractivity contribution in [1.82, 2.24) is 5.32 Å². The summed E-state index contributed by atoms with van der Waals surface area (Å²) in [4.78, 5) is 23.3. The van der Waals surface area contributed by atoms with E-state index in [1.807, 2.05) is 0 Å². The highest BCUT2D eigenvalue weighted by molar-refractivity contribution is 5.97. The van der Waals surface area contributed by atoms with Gasteiger partial charge in [-0.1, -0.05) is 13.0 Å². The molecule has 0 radical (unpaired) electrons. The van der Waals surface area contributed by atoms with E-state index in [0.717, 1.165) is 0 Å². The molecule has 0 fully saturated rings. The van der Waals surface area contributed by atoms with Crippen LogP contribution in [0.15, 0.2) is 24.3 Å². The molecule has 104 valence electrons. The normalized spacial score (nSPS) is 10.9. The minimum atomic E-state index is -0.681. The van der Waals surface area contributed by atoms with Crippen LogP contribution in [0, 0.1) is 0 Å². The van der Waals surface area contributed by atoms with Crippen LogP contribution in [0.25, 0.3) is 0 Å². The Kier molecular flexibility index (Phi) is 5.06. The van der Waals surface area contributed by atoms with E-state index in [4.69, 9.17) is 5.11 Å². The lowest BCUT2D eigenvalue weighted by atomic mass is 10.1. The summed E-state index contributed by atoms with van der Waals surface area (Å²) in [6.45, 7) is 5.07. The van der Waals surface area contributed by atoms with E-state index in [2.05, 4.69) is 10.6 Å². The van der Waals surface area contributed by atoms with E-state index in [-0.39, 0.29) is 18.4 Å². The second kappa shape index (κ2) is 6.33. The highest BCUT2D eigenvalue weighted by Crippen LogP contribution is 2.12. The average molecular weight is 264 g/mol. The molecule has 0 heterocycles. The fourth-order valence-corrected chi connectivity index (χ4v) is 1.41. The van der Waals surface area contributed by atoms with E-state index >= 15 is 0 Å². The van der Waals surface area contributed by atoms with Gasteiger partial charge in [0.15, 0.2) is 0 Å². The molecule has 1 aromatic carbocycles. The second-order valence-electron chi connectivity index (χ2n) is 4.98. The van der Waals surface area contributed by atoms with Gasteiger partial charge in [0.25, 0.3) is 5.91 Å². The third-order valence-electron chi connectivity index (χ3n) is 2.58. The van der Waals surface area contributed by atoms with Gasteiger partial charge in [-0.3, -0.25) is 9.59 Å². The summed E-state index contributed by atoms with van der Waals surface area (Å²) in [6.07, 6.45) is 0.383. The molecule has 5 heteroatoms. The summed E-state index contributed by atoms with van der Waals surface area (Å²) in [7, 11) is 0. The van der Waals surface area contributed by atoms with Crippen molar-refractivity contribution >= 4 is 17.5 Å². The number of aliphatic hydroxyl groups is 1. The van der Waals surface area contributed by atoms with Gasteiger partial charge < -0.3 is 15.7 Å². The maximum absolute atomic E-state index is 12.0. The third-order valence-corrected chi connectivity index (χ3v) is 2.58. The Morgan fingerprint density at radius 2 is 2.00 bits per heavy atom. The number of benzene rings is 1. The van der Waals surface area contributed by atoms with Gasteiger partial charge in [0.2, 0.25) is 5.91 Å². The van der Waals surface area contributed by atoms with E-state index < -0.39 is 5.54 Å². The van der Waals surface area contributed by atoms with Crippen LogP contribution in [0.5, 0.6) is 0 Å². The molecule has 0 atom stereocenters. The molecular formula is C14H20N2O3. The lowest BCUT2D eigenvalue weighted by Gasteiger charge is -2.23. The first kappa shape index (κ1) is 15.2. The zero-order chi connectivity index (χ0) is 14.5. The Morgan fingerprint density at radius 3 is 2.58 bits per heavy atom. The summed E-state index contributed by atoms with van der Waals surface area (Å²) in [5, 5.41) is 14.5. The predicted octanol–water partition coefficient (Wildman–Crippen LogP) is 1.54. The van der Waals surface area contributed by atoms with E-state index in [0.29, 0.717) is 17.7 Å². The van der Waals surface area contributed by atoms with Crippen LogP contribution >= 0.6 is 0 Å². The van der Waals surface area contributed by atoms with Gasteiger partial charge in [-0.2, -0.15) is 0 Å². The maximum Gasteiger partial charge on any atom is 0.251 e. The largest absolute Gasteiger partial charge is 0.394 e. The molecule has 0 spiro atoms. The standard InChI is InChI=1S/C14H20N2O3/c1-4-12(18)15-11-7-5-6-10(8-11)13(19)16-14(2,3)9-17/h5-8,17H,4,9H2,1-3H3,(H,15,18)(H,16,19). The molecule has 0 aliphatic heterocycles. The fraction of sp³-hybridized carbons (Fsp3) is 0.429. The van der Waals surface area contributed by atoms with E-state index in [1.54, 1.807) is 45.0 Å². The van der Waals surface area contributed by atoms with Crippen LogP contribution < -0.4 is 10.6 Å². The van der Waals surface area contributed by atoms with Crippen LogP contribution in [0.4, 0.5) is 5.69 Å². The van der Waals surface area contributed by atoms with Gasteiger partial charge in [0, 0.05) is 17.7 Å². The lowest BCUT2D eigenvalue weighted by Crippen LogP contribution is -2.46. The molecule has 0 aliphatic rings. The molecule has 0 bridgehead atoms. The van der Waals surface area contributed by atoms with Gasteiger partial charge in [0.1, 0.15) is 0 Å². The zero-order valence-electron chi connectivity index (χ0n) is 11.5. The molecule has 19 heavy (non-hydrogen) atoms. The monoisotopic (exact) mass is 264 g/mol. The maximum atomic E-state index is 12.0. The summed E-state index contributed by atoms with van der Waals surface area (Å²) < 4.78 is 0. The SMILES string of the molecule is CCC(=O)Nc1cccc(C(=O)NC(C)(C)CO)c1. The number of carbonyl (C=O) groups excluding carboxylic acids is 2. The van der Waals surface area contributed by atoms with Crippen molar-refractivity contribution in [3.05, 3.63) is 29.8 Å². The summed E-state index contributed by atoms with van der Waals surface area (Å²) >= 11 is 0. The summed E-state index contributed by atoms with van der Waals surface area (Å²) in [5.74, 6) is -0.389. The first-order valence-electron chi connectivity index (χ1n) is 6.21. The van der Waals surface area contributed by atoms with Crippen LogP contribution in [-0.2, 0) is 4.79 Å².